The van der Waals surface area contributed by atoms with Gasteiger partial charge in [-0.1, -0.05) is 43.7 Å². The predicted octanol–water partition coefficient (Wildman–Crippen LogP) is 4.37. The van der Waals surface area contributed by atoms with Crippen LogP contribution in [0, 0.1) is 0 Å². The normalized spacial score (nSPS) is 15.5. The van der Waals surface area contributed by atoms with Crippen molar-refractivity contribution in [3.05, 3.63) is 66.7 Å². The molecule has 1 fully saturated rings. The second-order valence-corrected chi connectivity index (χ2v) is 10.5. The average Bonchev–Trinajstić information content (AvgIpc) is 2.90. The fraction of sp³-hybridized carbons (Fsp3) is 0.370. The lowest BCUT2D eigenvalue weighted by molar-refractivity contribution is -0.128. The predicted molar refractivity (Wildman–Crippen MR) is 136 cm³/mol. The van der Waals surface area contributed by atoms with Crippen LogP contribution in [-0.4, -0.2) is 51.0 Å². The minimum absolute atomic E-state index is 0.202. The number of rotatable bonds is 10. The molecule has 0 saturated carbocycles. The van der Waals surface area contributed by atoms with Crippen LogP contribution in [0.5, 0.6) is 11.5 Å². The molecule has 4 rings (SSSR count). The van der Waals surface area contributed by atoms with E-state index >= 15 is 0 Å². The van der Waals surface area contributed by atoms with E-state index in [1.54, 1.807) is 28.6 Å². The van der Waals surface area contributed by atoms with Gasteiger partial charge in [0, 0.05) is 13.1 Å². The third-order valence-electron chi connectivity index (χ3n) is 6.11. The highest BCUT2D eigenvalue weighted by atomic mass is 32.2. The summed E-state index contributed by atoms with van der Waals surface area (Å²) in [5.74, 6) is 1.00. The molecule has 1 saturated heterocycles. The van der Waals surface area contributed by atoms with Crippen LogP contribution in [0.15, 0.2) is 71.6 Å². The Labute approximate surface area is 207 Å². The van der Waals surface area contributed by atoms with E-state index in [1.807, 2.05) is 49.4 Å². The molecule has 7 nitrogen and oxygen atoms in total. The zero-order valence-electron chi connectivity index (χ0n) is 20.0. The molecule has 1 aliphatic rings. The minimum Gasteiger partial charge on any atom is -0.492 e. The standard InChI is InChI=1S/C27H32N2O5S/c1-2-26(34-24-11-10-21-8-4-5-9-22(21)20-24)27(30)28-16-19-33-23-12-14-25(15-13-23)35(31,32)29-17-6-3-7-18-29/h4-5,8-15,20,26H,2-3,6-7,16-19H2,1H3,(H,28,30)/t26-/m1/s1. The number of hydrogen-bond donors (Lipinski definition) is 1. The lowest BCUT2D eigenvalue weighted by Gasteiger charge is -2.25. The summed E-state index contributed by atoms with van der Waals surface area (Å²) >= 11 is 0. The SMILES string of the molecule is CC[C@@H](Oc1ccc2ccccc2c1)C(=O)NCCOc1ccc(S(=O)(=O)N2CCCCC2)cc1. The van der Waals surface area contributed by atoms with Gasteiger partial charge in [-0.3, -0.25) is 4.79 Å². The van der Waals surface area contributed by atoms with E-state index < -0.39 is 16.1 Å². The van der Waals surface area contributed by atoms with Gasteiger partial charge in [0.25, 0.3) is 5.91 Å². The second kappa shape index (κ2) is 11.6. The fourth-order valence-electron chi connectivity index (χ4n) is 4.15. The van der Waals surface area contributed by atoms with Crippen molar-refractivity contribution in [2.45, 2.75) is 43.6 Å². The van der Waals surface area contributed by atoms with Crippen LogP contribution in [-0.2, 0) is 14.8 Å². The maximum absolute atomic E-state index is 12.7. The van der Waals surface area contributed by atoms with Crippen molar-refractivity contribution < 1.29 is 22.7 Å². The molecule has 1 N–H and O–H groups in total. The highest BCUT2D eigenvalue weighted by Gasteiger charge is 2.25. The Bertz CT molecular complexity index is 1240. The van der Waals surface area contributed by atoms with Crippen molar-refractivity contribution >= 4 is 26.7 Å². The lowest BCUT2D eigenvalue weighted by atomic mass is 10.1. The molecule has 1 amide bonds. The second-order valence-electron chi connectivity index (χ2n) is 8.60. The summed E-state index contributed by atoms with van der Waals surface area (Å²) in [5, 5.41) is 5.02. The number of benzene rings is 3. The highest BCUT2D eigenvalue weighted by Crippen LogP contribution is 2.23. The molecular formula is C27H32N2O5S. The van der Waals surface area contributed by atoms with Gasteiger partial charge in [-0.2, -0.15) is 4.31 Å². The molecule has 0 spiro atoms. The van der Waals surface area contributed by atoms with Gasteiger partial charge in [0.2, 0.25) is 10.0 Å². The summed E-state index contributed by atoms with van der Waals surface area (Å²) in [4.78, 5) is 12.9. The van der Waals surface area contributed by atoms with E-state index in [-0.39, 0.29) is 17.4 Å². The summed E-state index contributed by atoms with van der Waals surface area (Å²) in [6.45, 7) is 3.62. The monoisotopic (exact) mass is 496 g/mol. The zero-order valence-corrected chi connectivity index (χ0v) is 20.8. The van der Waals surface area contributed by atoms with Crippen LogP contribution in [0.4, 0.5) is 0 Å². The first-order valence-corrected chi connectivity index (χ1v) is 13.6. The van der Waals surface area contributed by atoms with Gasteiger partial charge in [-0.25, -0.2) is 8.42 Å². The molecule has 186 valence electrons. The third-order valence-corrected chi connectivity index (χ3v) is 8.02. The van der Waals surface area contributed by atoms with E-state index in [0.29, 0.717) is 37.6 Å². The summed E-state index contributed by atoms with van der Waals surface area (Å²) in [6.07, 6.45) is 2.81. The fourth-order valence-corrected chi connectivity index (χ4v) is 5.66. The lowest BCUT2D eigenvalue weighted by Crippen LogP contribution is -2.39. The smallest absolute Gasteiger partial charge is 0.261 e. The van der Waals surface area contributed by atoms with Gasteiger partial charge in [0.05, 0.1) is 11.4 Å². The topological polar surface area (TPSA) is 84.9 Å². The van der Waals surface area contributed by atoms with Crippen LogP contribution in [0.1, 0.15) is 32.6 Å². The van der Waals surface area contributed by atoms with Crippen molar-refractivity contribution in [2.24, 2.45) is 0 Å². The minimum atomic E-state index is -3.46. The molecular weight excluding hydrogens is 464 g/mol. The number of carbonyl (C=O) groups is 1. The van der Waals surface area contributed by atoms with Gasteiger partial charge in [0.1, 0.15) is 18.1 Å². The van der Waals surface area contributed by atoms with Crippen LogP contribution in [0.25, 0.3) is 10.8 Å². The molecule has 3 aromatic rings. The summed E-state index contributed by atoms with van der Waals surface area (Å²) in [6, 6.07) is 20.2. The molecule has 0 aliphatic carbocycles. The van der Waals surface area contributed by atoms with E-state index in [1.165, 1.54) is 0 Å². The quantitative estimate of drug-likeness (QED) is 0.422. The summed E-state index contributed by atoms with van der Waals surface area (Å²) in [7, 11) is -3.46. The zero-order chi connectivity index (χ0) is 24.7. The Hall–Kier alpha value is -3.10. The van der Waals surface area contributed by atoms with Crippen LogP contribution in [0.2, 0.25) is 0 Å². The number of piperidine rings is 1. The molecule has 1 aliphatic heterocycles. The Morgan fingerprint density at radius 2 is 1.63 bits per heavy atom. The number of ether oxygens (including phenoxy) is 2. The van der Waals surface area contributed by atoms with E-state index in [4.69, 9.17) is 9.47 Å². The van der Waals surface area contributed by atoms with E-state index in [9.17, 15) is 13.2 Å². The Morgan fingerprint density at radius 1 is 0.943 bits per heavy atom. The maximum atomic E-state index is 12.7. The van der Waals surface area contributed by atoms with Crippen LogP contribution < -0.4 is 14.8 Å². The molecule has 0 aromatic heterocycles. The van der Waals surface area contributed by atoms with Gasteiger partial charge in [-0.05, 0) is 66.4 Å². The number of amides is 1. The molecule has 1 heterocycles. The number of nitrogens with one attached hydrogen (secondary N) is 1. The average molecular weight is 497 g/mol. The van der Waals surface area contributed by atoms with Gasteiger partial charge in [0.15, 0.2) is 6.10 Å². The molecule has 35 heavy (non-hydrogen) atoms. The largest absolute Gasteiger partial charge is 0.492 e. The molecule has 8 heteroatoms. The van der Waals surface area contributed by atoms with Crippen molar-refractivity contribution in [1.82, 2.24) is 9.62 Å². The first kappa shape index (κ1) is 25.0. The van der Waals surface area contributed by atoms with Gasteiger partial charge < -0.3 is 14.8 Å². The van der Waals surface area contributed by atoms with Crippen LogP contribution >= 0.6 is 0 Å². The number of hydrogen-bond acceptors (Lipinski definition) is 5. The Morgan fingerprint density at radius 3 is 2.34 bits per heavy atom. The van der Waals surface area contributed by atoms with E-state index in [2.05, 4.69) is 5.32 Å². The summed E-state index contributed by atoms with van der Waals surface area (Å²) in [5.41, 5.74) is 0. The van der Waals surface area contributed by atoms with Gasteiger partial charge in [-0.15, -0.1) is 0 Å². The number of fused-ring (bicyclic) bond motifs is 1. The first-order valence-electron chi connectivity index (χ1n) is 12.1. The first-order chi connectivity index (χ1) is 17.0. The molecule has 0 bridgehead atoms. The van der Waals surface area contributed by atoms with Crippen molar-refractivity contribution in [1.29, 1.82) is 0 Å². The Kier molecular flexibility index (Phi) is 8.25. The van der Waals surface area contributed by atoms with Crippen molar-refractivity contribution in [3.63, 3.8) is 0 Å². The van der Waals surface area contributed by atoms with Crippen molar-refractivity contribution in [2.75, 3.05) is 26.2 Å². The number of carbonyl (C=O) groups excluding carboxylic acids is 1. The number of sulfonamides is 1. The molecule has 0 radical (unpaired) electrons. The Balaban J connectivity index is 1.24. The van der Waals surface area contributed by atoms with E-state index in [0.717, 1.165) is 30.0 Å². The van der Waals surface area contributed by atoms with Crippen LogP contribution in [0.3, 0.4) is 0 Å². The molecule has 1 atom stereocenters. The van der Waals surface area contributed by atoms with Gasteiger partial charge >= 0.3 is 0 Å². The number of nitrogens with zero attached hydrogens (tertiary/aromatic N) is 1. The molecule has 0 unspecified atom stereocenters. The summed E-state index contributed by atoms with van der Waals surface area (Å²) < 4.78 is 38.7. The maximum Gasteiger partial charge on any atom is 0.261 e. The van der Waals surface area contributed by atoms with Crippen molar-refractivity contribution in [3.8, 4) is 11.5 Å². The highest BCUT2D eigenvalue weighted by molar-refractivity contribution is 7.89. The third kappa shape index (κ3) is 6.32. The molecule has 3 aromatic carbocycles.